The van der Waals surface area contributed by atoms with E-state index in [4.69, 9.17) is 14.7 Å². The van der Waals surface area contributed by atoms with Crippen molar-refractivity contribution >= 4 is 11.7 Å². The van der Waals surface area contributed by atoms with Crippen molar-refractivity contribution in [2.24, 2.45) is 5.16 Å². The van der Waals surface area contributed by atoms with Gasteiger partial charge in [-0.2, -0.15) is 0 Å². The summed E-state index contributed by atoms with van der Waals surface area (Å²) in [5, 5.41) is 13.3. The number of aryl methyl sites for hydroxylation is 1. The molecule has 0 atom stereocenters. The predicted octanol–water partition coefficient (Wildman–Crippen LogP) is 4.61. The van der Waals surface area contributed by atoms with E-state index in [0.717, 1.165) is 40.3 Å². The van der Waals surface area contributed by atoms with Gasteiger partial charge in [0.1, 0.15) is 24.7 Å². The highest BCUT2D eigenvalue weighted by Crippen LogP contribution is 2.18. The predicted molar refractivity (Wildman–Crippen MR) is 130 cm³/mol. The number of hydrogen-bond acceptors (Lipinski definition) is 5. The molecule has 0 bridgehead atoms. The lowest BCUT2D eigenvalue weighted by Gasteiger charge is -2.12. The van der Waals surface area contributed by atoms with Crippen LogP contribution in [0.5, 0.6) is 5.75 Å². The first kappa shape index (κ1) is 24.0. The Morgan fingerprint density at radius 3 is 2.33 bits per heavy atom. The number of hydrogen-bond donors (Lipinski definition) is 1. The molecule has 3 aromatic carbocycles. The van der Waals surface area contributed by atoms with E-state index in [1.54, 1.807) is 0 Å². The van der Waals surface area contributed by atoms with Crippen molar-refractivity contribution in [1.82, 2.24) is 4.90 Å². The standard InChI is InChI=1S/C27H30N2O4/c1-29(2)17-18-33-28-27(23-8-4-3-5-9-23)24-10-6-7-22(19-24)20-32-25-14-11-21(12-15-25)13-16-26(30)31/h3-12,14-15,19H,13,16-18,20H2,1-2H3,(H,30,31). The zero-order chi connectivity index (χ0) is 23.5. The summed E-state index contributed by atoms with van der Waals surface area (Å²) < 4.78 is 5.95. The van der Waals surface area contributed by atoms with Crippen LogP contribution in [0.15, 0.2) is 84.0 Å². The van der Waals surface area contributed by atoms with E-state index < -0.39 is 5.97 Å². The molecule has 1 N–H and O–H groups in total. The number of oxime groups is 1. The van der Waals surface area contributed by atoms with Gasteiger partial charge in [0, 0.05) is 24.1 Å². The number of likely N-dealkylation sites (N-methyl/N-ethyl adjacent to an activating group) is 1. The molecule has 0 spiro atoms. The van der Waals surface area contributed by atoms with Gasteiger partial charge in [0.2, 0.25) is 0 Å². The highest BCUT2D eigenvalue weighted by atomic mass is 16.6. The van der Waals surface area contributed by atoms with Crippen LogP contribution in [0.2, 0.25) is 0 Å². The van der Waals surface area contributed by atoms with Gasteiger partial charge in [-0.25, -0.2) is 0 Å². The van der Waals surface area contributed by atoms with Gasteiger partial charge in [0.25, 0.3) is 0 Å². The van der Waals surface area contributed by atoms with Crippen LogP contribution >= 0.6 is 0 Å². The maximum absolute atomic E-state index is 10.7. The molecular weight excluding hydrogens is 416 g/mol. The minimum Gasteiger partial charge on any atom is -0.489 e. The molecule has 172 valence electrons. The quantitative estimate of drug-likeness (QED) is 0.250. The van der Waals surface area contributed by atoms with Crippen molar-refractivity contribution in [2.75, 3.05) is 27.2 Å². The molecule has 33 heavy (non-hydrogen) atoms. The third-order valence-corrected chi connectivity index (χ3v) is 4.99. The second-order valence-electron chi connectivity index (χ2n) is 7.97. The molecule has 0 radical (unpaired) electrons. The van der Waals surface area contributed by atoms with Gasteiger partial charge in [-0.05, 0) is 49.8 Å². The van der Waals surface area contributed by atoms with E-state index in [0.29, 0.717) is 19.6 Å². The van der Waals surface area contributed by atoms with Crippen LogP contribution in [0, 0.1) is 0 Å². The van der Waals surface area contributed by atoms with Crippen LogP contribution in [0.3, 0.4) is 0 Å². The summed E-state index contributed by atoms with van der Waals surface area (Å²) in [5.41, 5.74) is 4.71. The fraction of sp³-hybridized carbons (Fsp3) is 0.259. The maximum atomic E-state index is 10.7. The van der Waals surface area contributed by atoms with E-state index in [-0.39, 0.29) is 6.42 Å². The summed E-state index contributed by atoms with van der Waals surface area (Å²) in [7, 11) is 4.00. The fourth-order valence-electron chi connectivity index (χ4n) is 3.18. The number of carboxylic acid groups (broad SMARTS) is 1. The first-order chi connectivity index (χ1) is 16.0. The molecule has 0 aliphatic carbocycles. The van der Waals surface area contributed by atoms with Crippen LogP contribution in [0.1, 0.15) is 28.7 Å². The summed E-state index contributed by atoms with van der Waals surface area (Å²) in [4.78, 5) is 18.4. The Labute approximate surface area is 195 Å². The van der Waals surface area contributed by atoms with Gasteiger partial charge in [-0.3, -0.25) is 4.79 Å². The van der Waals surface area contributed by atoms with Gasteiger partial charge in [-0.15, -0.1) is 0 Å². The molecule has 0 aliphatic rings. The van der Waals surface area contributed by atoms with Crippen molar-refractivity contribution < 1.29 is 19.5 Å². The van der Waals surface area contributed by atoms with Gasteiger partial charge < -0.3 is 19.6 Å². The van der Waals surface area contributed by atoms with Crippen molar-refractivity contribution in [1.29, 1.82) is 0 Å². The zero-order valence-corrected chi connectivity index (χ0v) is 19.1. The Morgan fingerprint density at radius 2 is 1.64 bits per heavy atom. The van der Waals surface area contributed by atoms with Crippen LogP contribution in [-0.2, 0) is 22.7 Å². The molecule has 6 heteroatoms. The molecule has 6 nitrogen and oxygen atoms in total. The lowest BCUT2D eigenvalue weighted by atomic mass is 10.0. The third-order valence-electron chi connectivity index (χ3n) is 4.99. The van der Waals surface area contributed by atoms with E-state index in [1.165, 1.54) is 0 Å². The normalized spacial score (nSPS) is 11.4. The molecule has 0 fully saturated rings. The summed E-state index contributed by atoms with van der Waals surface area (Å²) >= 11 is 0. The average Bonchev–Trinajstić information content (AvgIpc) is 2.82. The van der Waals surface area contributed by atoms with Crippen molar-refractivity contribution in [3.8, 4) is 5.75 Å². The minimum absolute atomic E-state index is 0.122. The second-order valence-corrected chi connectivity index (χ2v) is 7.97. The molecular formula is C27H30N2O4. The van der Waals surface area contributed by atoms with E-state index in [1.807, 2.05) is 91.8 Å². The van der Waals surface area contributed by atoms with Crippen molar-refractivity contribution in [2.45, 2.75) is 19.4 Å². The van der Waals surface area contributed by atoms with Crippen molar-refractivity contribution in [3.63, 3.8) is 0 Å². The number of benzene rings is 3. The van der Waals surface area contributed by atoms with Gasteiger partial charge >= 0.3 is 5.97 Å². The van der Waals surface area contributed by atoms with Gasteiger partial charge in [-0.1, -0.05) is 65.8 Å². The fourth-order valence-corrected chi connectivity index (χ4v) is 3.18. The Hall–Kier alpha value is -3.64. The van der Waals surface area contributed by atoms with Gasteiger partial charge in [0.05, 0.1) is 0 Å². The van der Waals surface area contributed by atoms with Gasteiger partial charge in [0.15, 0.2) is 0 Å². The topological polar surface area (TPSA) is 71.4 Å². The molecule has 3 rings (SSSR count). The lowest BCUT2D eigenvalue weighted by molar-refractivity contribution is -0.136. The third kappa shape index (κ3) is 8.09. The lowest BCUT2D eigenvalue weighted by Crippen LogP contribution is -2.17. The van der Waals surface area contributed by atoms with Crippen LogP contribution in [-0.4, -0.2) is 48.9 Å². The molecule has 0 amide bonds. The molecule has 0 aromatic heterocycles. The number of rotatable bonds is 12. The number of carbonyl (C=O) groups is 1. The van der Waals surface area contributed by atoms with Crippen molar-refractivity contribution in [3.05, 3.63) is 101 Å². The Kier molecular flexibility index (Phi) is 9.03. The molecule has 0 saturated carbocycles. The first-order valence-electron chi connectivity index (χ1n) is 10.9. The van der Waals surface area contributed by atoms with Crippen LogP contribution in [0.4, 0.5) is 0 Å². The first-order valence-corrected chi connectivity index (χ1v) is 10.9. The molecule has 3 aromatic rings. The van der Waals surface area contributed by atoms with E-state index in [9.17, 15) is 4.79 Å². The van der Waals surface area contributed by atoms with Crippen LogP contribution < -0.4 is 4.74 Å². The summed E-state index contributed by atoms with van der Waals surface area (Å²) in [6.45, 7) is 1.70. The molecule has 0 saturated heterocycles. The smallest absolute Gasteiger partial charge is 0.303 e. The minimum atomic E-state index is -0.795. The summed E-state index contributed by atoms with van der Waals surface area (Å²) in [5.74, 6) is -0.0554. The number of ether oxygens (including phenoxy) is 1. The second kappa shape index (κ2) is 12.4. The Bertz CT molecular complexity index is 1050. The van der Waals surface area contributed by atoms with E-state index in [2.05, 4.69) is 11.2 Å². The van der Waals surface area contributed by atoms with Crippen LogP contribution in [0.25, 0.3) is 0 Å². The zero-order valence-electron chi connectivity index (χ0n) is 19.1. The summed E-state index contributed by atoms with van der Waals surface area (Å²) in [6.07, 6.45) is 0.632. The SMILES string of the molecule is CN(C)CCON=C(c1ccccc1)c1cccc(COc2ccc(CCC(=O)O)cc2)c1. The van der Waals surface area contributed by atoms with E-state index >= 15 is 0 Å². The number of aliphatic carboxylic acids is 1. The highest BCUT2D eigenvalue weighted by Gasteiger charge is 2.09. The monoisotopic (exact) mass is 446 g/mol. The largest absolute Gasteiger partial charge is 0.489 e. The number of nitrogens with zero attached hydrogens (tertiary/aromatic N) is 2. The highest BCUT2D eigenvalue weighted by molar-refractivity contribution is 6.12. The maximum Gasteiger partial charge on any atom is 0.303 e. The Morgan fingerprint density at radius 1 is 0.909 bits per heavy atom. The molecule has 0 unspecified atom stereocenters. The Balaban J connectivity index is 1.69. The molecule has 0 aliphatic heterocycles. The molecule has 0 heterocycles. The number of carboxylic acids is 1. The average molecular weight is 447 g/mol. The summed E-state index contributed by atoms with van der Waals surface area (Å²) in [6, 6.07) is 25.6.